The number of amides is 1. The number of nitrogens with one attached hydrogen (secondary N) is 1. The topological polar surface area (TPSA) is 58.6 Å². The predicted molar refractivity (Wildman–Crippen MR) is 85.9 cm³/mol. The first kappa shape index (κ1) is 16.3. The van der Waals surface area contributed by atoms with E-state index >= 15 is 0 Å². The number of hydrogen-bond donors (Lipinski definition) is 1. The van der Waals surface area contributed by atoms with Gasteiger partial charge >= 0.3 is 5.97 Å². The molecule has 1 amide bonds. The van der Waals surface area contributed by atoms with Gasteiger partial charge in [0, 0.05) is 18.8 Å². The smallest absolute Gasteiger partial charge is 0.338 e. The van der Waals surface area contributed by atoms with E-state index in [2.05, 4.69) is 12.2 Å². The molecule has 0 aliphatic carbocycles. The second-order valence-electron chi connectivity index (χ2n) is 5.71. The molecule has 1 aromatic carbocycles. The molecule has 0 saturated carbocycles. The molecule has 1 aliphatic rings. The van der Waals surface area contributed by atoms with Gasteiger partial charge in [-0.1, -0.05) is 6.92 Å². The van der Waals surface area contributed by atoms with E-state index in [4.69, 9.17) is 4.74 Å². The molecule has 5 heteroatoms. The van der Waals surface area contributed by atoms with Gasteiger partial charge in [0.2, 0.25) is 5.91 Å². The first-order valence-corrected chi connectivity index (χ1v) is 7.89. The highest BCUT2D eigenvalue weighted by molar-refractivity contribution is 5.90. The van der Waals surface area contributed by atoms with Gasteiger partial charge < -0.3 is 15.0 Å². The van der Waals surface area contributed by atoms with E-state index < -0.39 is 0 Å². The average Bonchev–Trinajstić information content (AvgIpc) is 2.54. The molecular weight excluding hydrogens is 280 g/mol. The van der Waals surface area contributed by atoms with Crippen LogP contribution < -0.4 is 5.32 Å². The molecule has 0 spiro atoms. The molecule has 2 rings (SSSR count). The normalized spacial score (nSPS) is 15.5. The number of piperidine rings is 1. The molecule has 0 atom stereocenters. The fraction of sp³-hybridized carbons (Fsp3) is 0.529. The lowest BCUT2D eigenvalue weighted by atomic mass is 9.99. The van der Waals surface area contributed by atoms with Crippen molar-refractivity contribution >= 4 is 17.6 Å². The summed E-state index contributed by atoms with van der Waals surface area (Å²) in [6.45, 7) is 6.35. The summed E-state index contributed by atoms with van der Waals surface area (Å²) in [7, 11) is 0. The first-order valence-electron chi connectivity index (χ1n) is 7.89. The van der Waals surface area contributed by atoms with Crippen LogP contribution in [0.3, 0.4) is 0 Å². The van der Waals surface area contributed by atoms with Crippen LogP contribution in [0.2, 0.25) is 0 Å². The van der Waals surface area contributed by atoms with Crippen molar-refractivity contribution in [3.63, 3.8) is 0 Å². The van der Waals surface area contributed by atoms with Crippen molar-refractivity contribution in [2.24, 2.45) is 5.92 Å². The zero-order valence-electron chi connectivity index (χ0n) is 13.3. The highest BCUT2D eigenvalue weighted by Crippen LogP contribution is 2.16. The van der Waals surface area contributed by atoms with Crippen molar-refractivity contribution in [3.05, 3.63) is 29.8 Å². The Balaban J connectivity index is 1.81. The van der Waals surface area contributed by atoms with E-state index in [9.17, 15) is 9.59 Å². The maximum Gasteiger partial charge on any atom is 0.338 e. The lowest BCUT2D eigenvalue weighted by molar-refractivity contribution is -0.130. The Morgan fingerprint density at radius 2 is 1.86 bits per heavy atom. The molecule has 0 unspecified atom stereocenters. The molecule has 0 radical (unpaired) electrons. The maximum atomic E-state index is 12.1. The summed E-state index contributed by atoms with van der Waals surface area (Å²) in [6, 6.07) is 6.98. The summed E-state index contributed by atoms with van der Waals surface area (Å²) < 4.78 is 4.93. The van der Waals surface area contributed by atoms with Gasteiger partial charge in [0.25, 0.3) is 0 Å². The number of nitrogens with zero attached hydrogens (tertiary/aromatic N) is 1. The Hall–Kier alpha value is -2.04. The third-order valence-electron chi connectivity index (χ3n) is 3.98. The number of anilines is 1. The quantitative estimate of drug-likeness (QED) is 0.849. The number of ether oxygens (including phenoxy) is 1. The van der Waals surface area contributed by atoms with Gasteiger partial charge in [-0.25, -0.2) is 4.79 Å². The Labute approximate surface area is 131 Å². The first-order chi connectivity index (χ1) is 10.6. The van der Waals surface area contributed by atoms with Crippen molar-refractivity contribution in [1.82, 2.24) is 4.90 Å². The van der Waals surface area contributed by atoms with Gasteiger partial charge in [0.05, 0.1) is 18.7 Å². The average molecular weight is 304 g/mol. The van der Waals surface area contributed by atoms with Gasteiger partial charge in [-0.2, -0.15) is 0 Å². The number of esters is 1. The molecule has 120 valence electrons. The van der Waals surface area contributed by atoms with Gasteiger partial charge in [0.15, 0.2) is 0 Å². The van der Waals surface area contributed by atoms with E-state index in [1.54, 1.807) is 31.2 Å². The fourth-order valence-electron chi connectivity index (χ4n) is 2.49. The highest BCUT2D eigenvalue weighted by atomic mass is 16.5. The molecule has 1 aliphatic heterocycles. The summed E-state index contributed by atoms with van der Waals surface area (Å²) >= 11 is 0. The van der Waals surface area contributed by atoms with Crippen LogP contribution in [0.25, 0.3) is 0 Å². The van der Waals surface area contributed by atoms with Crippen LogP contribution in [0.5, 0.6) is 0 Å². The number of rotatable bonds is 5. The van der Waals surface area contributed by atoms with Crippen molar-refractivity contribution in [2.45, 2.75) is 26.7 Å². The van der Waals surface area contributed by atoms with Gasteiger partial charge in [-0.05, 0) is 49.9 Å². The highest BCUT2D eigenvalue weighted by Gasteiger charge is 2.19. The van der Waals surface area contributed by atoms with Crippen LogP contribution in [-0.2, 0) is 9.53 Å². The summed E-state index contributed by atoms with van der Waals surface area (Å²) in [4.78, 5) is 25.6. The fourth-order valence-corrected chi connectivity index (χ4v) is 2.49. The summed E-state index contributed by atoms with van der Waals surface area (Å²) in [5, 5.41) is 3.11. The Kier molecular flexibility index (Phi) is 5.81. The molecule has 22 heavy (non-hydrogen) atoms. The van der Waals surface area contributed by atoms with E-state index in [0.29, 0.717) is 18.1 Å². The van der Waals surface area contributed by atoms with Crippen molar-refractivity contribution in [3.8, 4) is 0 Å². The lowest BCUT2D eigenvalue weighted by Gasteiger charge is -2.30. The molecule has 5 nitrogen and oxygen atoms in total. The minimum atomic E-state index is -0.326. The van der Waals surface area contributed by atoms with E-state index in [0.717, 1.165) is 31.6 Å². The Bertz CT molecular complexity index is 505. The van der Waals surface area contributed by atoms with Gasteiger partial charge in [-0.15, -0.1) is 0 Å². The van der Waals surface area contributed by atoms with Gasteiger partial charge in [0.1, 0.15) is 0 Å². The zero-order chi connectivity index (χ0) is 15.9. The van der Waals surface area contributed by atoms with Crippen LogP contribution in [0, 0.1) is 5.92 Å². The van der Waals surface area contributed by atoms with Gasteiger partial charge in [-0.3, -0.25) is 4.79 Å². The van der Waals surface area contributed by atoms with Crippen LogP contribution in [0.15, 0.2) is 24.3 Å². The molecule has 1 saturated heterocycles. The third-order valence-corrected chi connectivity index (χ3v) is 3.98. The number of benzene rings is 1. The summed E-state index contributed by atoms with van der Waals surface area (Å²) in [5.41, 5.74) is 1.34. The minimum Gasteiger partial charge on any atom is -0.462 e. The summed E-state index contributed by atoms with van der Waals surface area (Å²) in [5.74, 6) is 0.515. The lowest BCUT2D eigenvalue weighted by Crippen LogP contribution is -2.40. The van der Waals surface area contributed by atoms with E-state index in [-0.39, 0.29) is 18.4 Å². The molecule has 0 bridgehead atoms. The zero-order valence-corrected chi connectivity index (χ0v) is 13.3. The number of carbonyl (C=O) groups is 2. The molecule has 1 fully saturated rings. The Morgan fingerprint density at radius 1 is 1.23 bits per heavy atom. The monoisotopic (exact) mass is 304 g/mol. The number of hydrogen-bond acceptors (Lipinski definition) is 4. The van der Waals surface area contributed by atoms with Crippen molar-refractivity contribution < 1.29 is 14.3 Å². The Morgan fingerprint density at radius 3 is 2.45 bits per heavy atom. The van der Waals surface area contributed by atoms with Crippen LogP contribution in [-0.4, -0.2) is 43.0 Å². The maximum absolute atomic E-state index is 12.1. The second kappa shape index (κ2) is 7.82. The third kappa shape index (κ3) is 4.48. The SMILES string of the molecule is CCOC(=O)c1ccc(NCC(=O)N2CCC(C)CC2)cc1. The predicted octanol–water partition coefficient (Wildman–Crippen LogP) is 2.53. The molecule has 1 heterocycles. The largest absolute Gasteiger partial charge is 0.462 e. The summed E-state index contributed by atoms with van der Waals surface area (Å²) in [6.07, 6.45) is 2.17. The van der Waals surface area contributed by atoms with Crippen LogP contribution in [0.1, 0.15) is 37.0 Å². The molecule has 1 N–H and O–H groups in total. The number of carbonyl (C=O) groups excluding carboxylic acids is 2. The standard InChI is InChI=1S/C17H24N2O3/c1-3-22-17(21)14-4-6-15(7-5-14)18-12-16(20)19-10-8-13(2)9-11-19/h4-7,13,18H,3,8-12H2,1-2H3. The molecular formula is C17H24N2O3. The van der Waals surface area contributed by atoms with Crippen molar-refractivity contribution in [1.29, 1.82) is 0 Å². The van der Waals surface area contributed by atoms with E-state index in [1.807, 2.05) is 4.90 Å². The van der Waals surface area contributed by atoms with Crippen LogP contribution in [0.4, 0.5) is 5.69 Å². The molecule has 1 aromatic rings. The second-order valence-corrected chi connectivity index (χ2v) is 5.71. The van der Waals surface area contributed by atoms with Crippen molar-refractivity contribution in [2.75, 3.05) is 31.6 Å². The molecule has 0 aromatic heterocycles. The number of likely N-dealkylation sites (tertiary alicyclic amines) is 1. The van der Waals surface area contributed by atoms with Crippen LogP contribution >= 0.6 is 0 Å². The minimum absolute atomic E-state index is 0.126. The van der Waals surface area contributed by atoms with E-state index in [1.165, 1.54) is 0 Å².